The summed E-state index contributed by atoms with van der Waals surface area (Å²) in [5.41, 5.74) is -4.09. The van der Waals surface area contributed by atoms with Crippen LogP contribution >= 0.6 is 0 Å². The fourth-order valence-electron chi connectivity index (χ4n) is 4.18. The van der Waals surface area contributed by atoms with Crippen LogP contribution in [0, 0.1) is 0 Å². The van der Waals surface area contributed by atoms with Gasteiger partial charge in [-0.05, 0) is 0 Å². The molecule has 2 aliphatic heterocycles. The van der Waals surface area contributed by atoms with Crippen LogP contribution in [-0.4, -0.2) is 105 Å². The Bertz CT molecular complexity index is 1360. The maximum absolute atomic E-state index is 12.8. The SMILES string of the molecule is O=C(OCn1c(=O)ccn([C@@H]2O[C@H](CO)[C@@H](O)[C@H]2O)c1=O)OCn1c(=O)ccn([C@@H]2O[C@H](CO)[C@@H](O)[C@H]2O)c1=O. The molecule has 4 rings (SSSR count). The number of nitrogens with zero attached hydrogens (tertiary/aromatic N) is 4. The summed E-state index contributed by atoms with van der Waals surface area (Å²) in [4.78, 5) is 62.0. The largest absolute Gasteiger partial charge is 0.511 e. The van der Waals surface area contributed by atoms with Crippen molar-refractivity contribution in [2.45, 2.75) is 62.5 Å². The minimum Gasteiger partial charge on any atom is -0.412 e. The van der Waals surface area contributed by atoms with E-state index in [0.29, 0.717) is 9.13 Å². The molecular formula is C21H26N4O15. The Hall–Kier alpha value is -3.69. The minimum absolute atomic E-state index is 0.416. The van der Waals surface area contributed by atoms with Gasteiger partial charge < -0.3 is 49.6 Å². The average molecular weight is 574 g/mol. The first-order valence-corrected chi connectivity index (χ1v) is 11.7. The lowest BCUT2D eigenvalue weighted by molar-refractivity contribution is -0.0571. The molecule has 2 aromatic heterocycles. The van der Waals surface area contributed by atoms with Gasteiger partial charge in [0.25, 0.3) is 11.1 Å². The molecule has 0 aromatic carbocycles. The number of ether oxygens (including phenoxy) is 4. The molecule has 0 radical (unpaired) electrons. The predicted molar refractivity (Wildman–Crippen MR) is 124 cm³/mol. The summed E-state index contributed by atoms with van der Waals surface area (Å²) in [5, 5.41) is 58.5. The van der Waals surface area contributed by atoms with Gasteiger partial charge in [0.05, 0.1) is 13.2 Å². The van der Waals surface area contributed by atoms with E-state index in [9.17, 15) is 54.6 Å². The van der Waals surface area contributed by atoms with Gasteiger partial charge >= 0.3 is 17.5 Å². The molecule has 220 valence electrons. The summed E-state index contributed by atoms with van der Waals surface area (Å²) in [6.07, 6.45) is -11.2. The molecule has 4 heterocycles. The van der Waals surface area contributed by atoms with E-state index in [-0.39, 0.29) is 0 Å². The highest BCUT2D eigenvalue weighted by Gasteiger charge is 2.45. The topological polar surface area (TPSA) is 263 Å². The molecule has 8 atom stereocenters. The molecule has 0 spiro atoms. The van der Waals surface area contributed by atoms with Gasteiger partial charge in [-0.2, -0.15) is 0 Å². The van der Waals surface area contributed by atoms with Crippen LogP contribution in [0.4, 0.5) is 4.79 Å². The van der Waals surface area contributed by atoms with E-state index in [1.54, 1.807) is 0 Å². The van der Waals surface area contributed by atoms with Crippen LogP contribution in [0.2, 0.25) is 0 Å². The van der Waals surface area contributed by atoms with Gasteiger partial charge in [0.1, 0.15) is 36.6 Å². The molecule has 0 unspecified atom stereocenters. The monoisotopic (exact) mass is 574 g/mol. The molecule has 19 nitrogen and oxygen atoms in total. The van der Waals surface area contributed by atoms with Gasteiger partial charge in [0.2, 0.25) is 0 Å². The van der Waals surface area contributed by atoms with Crippen LogP contribution in [0.15, 0.2) is 43.7 Å². The van der Waals surface area contributed by atoms with E-state index in [1.807, 2.05) is 0 Å². The summed E-state index contributed by atoms with van der Waals surface area (Å²) in [6.45, 7) is -3.31. The number of aliphatic hydroxyl groups excluding tert-OH is 6. The number of hydrogen-bond acceptors (Lipinski definition) is 15. The third-order valence-electron chi connectivity index (χ3n) is 6.40. The van der Waals surface area contributed by atoms with Crippen molar-refractivity contribution < 1.29 is 54.4 Å². The van der Waals surface area contributed by atoms with Crippen molar-refractivity contribution in [3.05, 3.63) is 66.2 Å². The highest BCUT2D eigenvalue weighted by atomic mass is 16.7. The number of hydrogen-bond donors (Lipinski definition) is 6. The highest BCUT2D eigenvalue weighted by molar-refractivity contribution is 5.59. The smallest absolute Gasteiger partial charge is 0.412 e. The molecule has 2 aliphatic rings. The predicted octanol–water partition coefficient (Wildman–Crippen LogP) is -5.68. The fourth-order valence-corrected chi connectivity index (χ4v) is 4.18. The van der Waals surface area contributed by atoms with E-state index in [4.69, 9.17) is 18.9 Å². The Balaban J connectivity index is 1.44. The van der Waals surface area contributed by atoms with E-state index in [2.05, 4.69) is 0 Å². The van der Waals surface area contributed by atoms with E-state index in [1.165, 1.54) is 0 Å². The lowest BCUT2D eigenvalue weighted by atomic mass is 10.1. The number of carbonyl (C=O) groups is 1. The van der Waals surface area contributed by atoms with Crippen molar-refractivity contribution in [1.29, 1.82) is 0 Å². The first kappa shape index (κ1) is 29.3. The van der Waals surface area contributed by atoms with Crippen LogP contribution in [0.25, 0.3) is 0 Å². The average Bonchev–Trinajstić information content (AvgIpc) is 3.38. The Labute approximate surface area is 221 Å². The summed E-state index contributed by atoms with van der Waals surface area (Å²) in [7, 11) is 0. The van der Waals surface area contributed by atoms with E-state index >= 15 is 0 Å². The Kier molecular flexibility index (Phi) is 8.65. The first-order valence-electron chi connectivity index (χ1n) is 11.7. The maximum Gasteiger partial charge on any atom is 0.511 e. The molecule has 19 heteroatoms. The first-order chi connectivity index (χ1) is 19.0. The van der Waals surface area contributed by atoms with Crippen LogP contribution < -0.4 is 22.5 Å². The third-order valence-corrected chi connectivity index (χ3v) is 6.40. The van der Waals surface area contributed by atoms with E-state index in [0.717, 1.165) is 33.7 Å². The molecule has 40 heavy (non-hydrogen) atoms. The Morgan fingerprint density at radius 2 is 1.07 bits per heavy atom. The minimum atomic E-state index is -1.63. The molecule has 2 saturated heterocycles. The van der Waals surface area contributed by atoms with Gasteiger partial charge in [-0.15, -0.1) is 0 Å². The number of rotatable bonds is 8. The van der Waals surface area contributed by atoms with Crippen molar-refractivity contribution >= 4 is 6.16 Å². The standard InChI is InChI=1S/C21H26N4O15/c26-5-9-13(30)15(32)17(39-9)22-3-1-11(28)24(19(22)34)7-37-21(36)38-8-25-12(29)2-4-23(20(25)35)18-16(33)14(31)10(6-27)40-18/h1-4,9-10,13-18,26-27,30-33H,5-8H2/t9-,10-,13-,14-,15-,16-,17-,18-/m1/s1. The summed E-state index contributed by atoms with van der Waals surface area (Å²) in [6, 6.07) is 1.77. The highest BCUT2D eigenvalue weighted by Crippen LogP contribution is 2.28. The van der Waals surface area contributed by atoms with Gasteiger partial charge in [-0.25, -0.2) is 23.5 Å². The van der Waals surface area contributed by atoms with Crippen molar-refractivity contribution in [3.8, 4) is 0 Å². The van der Waals surface area contributed by atoms with Crippen LogP contribution in [0.3, 0.4) is 0 Å². The Morgan fingerprint density at radius 1 is 0.700 bits per heavy atom. The molecular weight excluding hydrogens is 548 g/mol. The van der Waals surface area contributed by atoms with Crippen molar-refractivity contribution in [2.24, 2.45) is 0 Å². The fraction of sp³-hybridized carbons (Fsp3) is 0.571. The summed E-state index contributed by atoms with van der Waals surface area (Å²) < 4.78 is 22.3. The van der Waals surface area contributed by atoms with Crippen molar-refractivity contribution in [3.63, 3.8) is 0 Å². The molecule has 0 bridgehead atoms. The van der Waals surface area contributed by atoms with Crippen LogP contribution in [0.1, 0.15) is 12.5 Å². The second kappa shape index (κ2) is 11.8. The lowest BCUT2D eigenvalue weighted by Crippen LogP contribution is -2.44. The van der Waals surface area contributed by atoms with Gasteiger partial charge in [-0.1, -0.05) is 0 Å². The normalized spacial score (nSPS) is 29.9. The number of aliphatic hydroxyl groups is 6. The molecule has 6 N–H and O–H groups in total. The van der Waals surface area contributed by atoms with Crippen LogP contribution in [-0.2, 0) is 32.4 Å². The van der Waals surface area contributed by atoms with Crippen LogP contribution in [0.5, 0.6) is 0 Å². The van der Waals surface area contributed by atoms with Crippen molar-refractivity contribution in [2.75, 3.05) is 13.2 Å². The molecule has 0 aliphatic carbocycles. The third kappa shape index (κ3) is 5.36. The molecule has 2 aromatic rings. The molecule has 0 amide bonds. The summed E-state index contributed by atoms with van der Waals surface area (Å²) >= 11 is 0. The number of aromatic nitrogens is 4. The van der Waals surface area contributed by atoms with Gasteiger partial charge in [-0.3, -0.25) is 18.7 Å². The molecule has 2 fully saturated rings. The zero-order valence-electron chi connectivity index (χ0n) is 20.4. The van der Waals surface area contributed by atoms with E-state index < -0.39 is 104 Å². The van der Waals surface area contributed by atoms with Gasteiger partial charge in [0, 0.05) is 24.5 Å². The zero-order valence-corrected chi connectivity index (χ0v) is 20.4. The van der Waals surface area contributed by atoms with Crippen molar-refractivity contribution in [1.82, 2.24) is 18.3 Å². The van der Waals surface area contributed by atoms with Gasteiger partial charge in [0.15, 0.2) is 25.9 Å². The second-order valence-corrected chi connectivity index (χ2v) is 8.80. The Morgan fingerprint density at radius 3 is 1.40 bits per heavy atom. The quantitative estimate of drug-likeness (QED) is 0.160. The zero-order chi connectivity index (χ0) is 29.3. The number of carbonyl (C=O) groups excluding carboxylic acids is 1. The maximum atomic E-state index is 12.8. The second-order valence-electron chi connectivity index (χ2n) is 8.80. The summed E-state index contributed by atoms with van der Waals surface area (Å²) in [5.74, 6) is 0. The lowest BCUT2D eigenvalue weighted by Gasteiger charge is -2.19. The molecule has 0 saturated carbocycles.